The fourth-order valence-electron chi connectivity index (χ4n) is 2.16. The zero-order valence-electron chi connectivity index (χ0n) is 13.1. The molecule has 0 atom stereocenters. The van der Waals surface area contributed by atoms with Gasteiger partial charge in [0.1, 0.15) is 5.78 Å². The normalized spacial score (nSPS) is 12.1. The van der Waals surface area contributed by atoms with Crippen LogP contribution >= 0.6 is 0 Å². The Labute approximate surface area is 117 Å². The molecule has 0 aliphatic rings. The quantitative estimate of drug-likeness (QED) is 0.744. The molecule has 0 bridgehead atoms. The number of aryl methyl sites for hydroxylation is 2. The van der Waals surface area contributed by atoms with Crippen LogP contribution in [0.4, 0.5) is 0 Å². The number of allylic oxidation sites excluding steroid dienone is 1. The topological polar surface area (TPSA) is 17.1 Å². The highest BCUT2D eigenvalue weighted by Gasteiger charge is 2.15. The maximum atomic E-state index is 10.9. The molecule has 0 aliphatic heterocycles. The summed E-state index contributed by atoms with van der Waals surface area (Å²) in [5.41, 5.74) is 5.47. The summed E-state index contributed by atoms with van der Waals surface area (Å²) >= 11 is 0. The largest absolute Gasteiger partial charge is 0.300 e. The summed E-state index contributed by atoms with van der Waals surface area (Å²) in [6.07, 6.45) is 5.72. The van der Waals surface area contributed by atoms with Gasteiger partial charge in [-0.1, -0.05) is 45.1 Å². The molecule has 0 N–H and O–H groups in total. The van der Waals surface area contributed by atoms with Gasteiger partial charge in [0.05, 0.1) is 0 Å². The van der Waals surface area contributed by atoms with Gasteiger partial charge in [-0.2, -0.15) is 0 Å². The van der Waals surface area contributed by atoms with Crippen LogP contribution in [0.15, 0.2) is 18.2 Å². The lowest BCUT2D eigenvalue weighted by atomic mass is 9.84. The van der Waals surface area contributed by atoms with Crippen LogP contribution in [0.1, 0.15) is 62.8 Å². The van der Waals surface area contributed by atoms with E-state index in [0.717, 1.165) is 6.42 Å². The van der Waals surface area contributed by atoms with E-state index in [-0.39, 0.29) is 11.2 Å². The second-order valence-corrected chi connectivity index (χ2v) is 6.42. The molecule has 0 fully saturated rings. The number of benzene rings is 1. The third-order valence-corrected chi connectivity index (χ3v) is 3.41. The first-order chi connectivity index (χ1) is 8.71. The number of ketones is 1. The number of Topliss-reactive ketones (excluding diaryl/α,β-unsaturated/α-hetero) is 1. The van der Waals surface area contributed by atoms with Gasteiger partial charge in [0.25, 0.3) is 0 Å². The van der Waals surface area contributed by atoms with Crippen LogP contribution in [0.5, 0.6) is 0 Å². The summed E-state index contributed by atoms with van der Waals surface area (Å²) in [7, 11) is 0. The first kappa shape index (κ1) is 15.7. The minimum atomic E-state index is 0.187. The van der Waals surface area contributed by atoms with Crippen LogP contribution in [0, 0.1) is 13.8 Å². The average Bonchev–Trinajstić information content (AvgIpc) is 2.25. The molecule has 0 spiro atoms. The molecule has 1 rings (SSSR count). The molecular weight excluding hydrogens is 232 g/mol. The third-order valence-electron chi connectivity index (χ3n) is 3.41. The van der Waals surface area contributed by atoms with Crippen LogP contribution in [-0.2, 0) is 10.2 Å². The molecule has 1 aromatic carbocycles. The van der Waals surface area contributed by atoms with Crippen molar-refractivity contribution < 1.29 is 4.79 Å². The maximum Gasteiger partial charge on any atom is 0.130 e. The summed E-state index contributed by atoms with van der Waals surface area (Å²) in [4.78, 5) is 10.9. The lowest BCUT2D eigenvalue weighted by molar-refractivity contribution is -0.116. The zero-order valence-corrected chi connectivity index (χ0v) is 13.1. The van der Waals surface area contributed by atoms with Gasteiger partial charge in [0, 0.05) is 6.42 Å². The van der Waals surface area contributed by atoms with Gasteiger partial charge in [-0.15, -0.1) is 0 Å². The van der Waals surface area contributed by atoms with Gasteiger partial charge in [0.15, 0.2) is 0 Å². The van der Waals surface area contributed by atoms with Crippen molar-refractivity contribution in [1.82, 2.24) is 0 Å². The fraction of sp³-hybridized carbons (Fsp3) is 0.500. The van der Waals surface area contributed by atoms with E-state index in [2.05, 4.69) is 58.9 Å². The molecule has 0 saturated carbocycles. The molecule has 1 nitrogen and oxygen atoms in total. The lowest BCUT2D eigenvalue weighted by Crippen LogP contribution is -2.12. The van der Waals surface area contributed by atoms with Crippen molar-refractivity contribution >= 4 is 11.9 Å². The zero-order chi connectivity index (χ0) is 14.6. The van der Waals surface area contributed by atoms with Crippen molar-refractivity contribution in [3.8, 4) is 0 Å². The van der Waals surface area contributed by atoms with E-state index in [9.17, 15) is 4.79 Å². The highest BCUT2D eigenvalue weighted by Crippen LogP contribution is 2.27. The Balaban J connectivity index is 2.95. The fourth-order valence-corrected chi connectivity index (χ4v) is 2.16. The molecular formula is C18H26O. The minimum Gasteiger partial charge on any atom is -0.300 e. The van der Waals surface area contributed by atoms with Crippen molar-refractivity contribution in [2.75, 3.05) is 0 Å². The molecule has 0 aliphatic carbocycles. The van der Waals surface area contributed by atoms with E-state index in [1.54, 1.807) is 6.92 Å². The van der Waals surface area contributed by atoms with Crippen LogP contribution in [0.3, 0.4) is 0 Å². The molecule has 0 heterocycles. The smallest absolute Gasteiger partial charge is 0.130 e. The van der Waals surface area contributed by atoms with E-state index in [1.165, 1.54) is 22.3 Å². The first-order valence-corrected chi connectivity index (χ1v) is 6.99. The van der Waals surface area contributed by atoms with Gasteiger partial charge >= 0.3 is 0 Å². The van der Waals surface area contributed by atoms with Crippen molar-refractivity contribution in [1.29, 1.82) is 0 Å². The number of carbonyl (C=O) groups is 1. The third kappa shape index (κ3) is 4.66. The minimum absolute atomic E-state index is 0.187. The van der Waals surface area contributed by atoms with Crippen LogP contribution in [0.25, 0.3) is 6.08 Å². The Morgan fingerprint density at radius 3 is 2.11 bits per heavy atom. The Kier molecular flexibility index (Phi) is 5.11. The average molecular weight is 258 g/mol. The predicted molar refractivity (Wildman–Crippen MR) is 83.6 cm³/mol. The van der Waals surface area contributed by atoms with Crippen LogP contribution in [-0.4, -0.2) is 5.78 Å². The highest BCUT2D eigenvalue weighted by atomic mass is 16.1. The van der Waals surface area contributed by atoms with Crippen LogP contribution in [0.2, 0.25) is 0 Å². The molecule has 0 radical (unpaired) electrons. The monoisotopic (exact) mass is 258 g/mol. The molecule has 1 aromatic rings. The van der Waals surface area contributed by atoms with Crippen LogP contribution < -0.4 is 0 Å². The second kappa shape index (κ2) is 6.18. The molecule has 0 amide bonds. The number of carbonyl (C=O) groups excluding carboxylic acids is 1. The van der Waals surface area contributed by atoms with Gasteiger partial charge in [-0.3, -0.25) is 0 Å². The van der Waals surface area contributed by atoms with E-state index in [1.807, 2.05) is 0 Å². The first-order valence-electron chi connectivity index (χ1n) is 6.99. The van der Waals surface area contributed by atoms with Gasteiger partial charge < -0.3 is 4.79 Å². The standard InChI is InChI=1S/C18H26O/c1-13-11-16(18(4,5)6)12-14(2)17(13)10-8-7-9-15(3)19/h8,10-12H,7,9H2,1-6H3/b10-8+. The summed E-state index contributed by atoms with van der Waals surface area (Å²) in [5.74, 6) is 0.251. The summed E-state index contributed by atoms with van der Waals surface area (Å²) in [6, 6.07) is 4.55. The van der Waals surface area contributed by atoms with Crippen molar-refractivity contribution in [2.24, 2.45) is 0 Å². The lowest BCUT2D eigenvalue weighted by Gasteiger charge is -2.21. The van der Waals surface area contributed by atoms with E-state index in [0.29, 0.717) is 6.42 Å². The predicted octanol–water partition coefficient (Wildman–Crippen LogP) is 4.98. The van der Waals surface area contributed by atoms with E-state index >= 15 is 0 Å². The van der Waals surface area contributed by atoms with Gasteiger partial charge in [0.2, 0.25) is 0 Å². The van der Waals surface area contributed by atoms with Gasteiger partial charge in [-0.25, -0.2) is 0 Å². The molecule has 104 valence electrons. The molecule has 0 aromatic heterocycles. The molecule has 1 heteroatoms. The van der Waals surface area contributed by atoms with E-state index < -0.39 is 0 Å². The Bertz CT molecular complexity index is 464. The highest BCUT2D eigenvalue weighted by molar-refractivity contribution is 5.75. The SMILES string of the molecule is CC(=O)CC/C=C/c1c(C)cc(C(C)(C)C)cc1C. The van der Waals surface area contributed by atoms with Crippen molar-refractivity contribution in [3.05, 3.63) is 40.5 Å². The number of rotatable bonds is 4. The Hall–Kier alpha value is -1.37. The summed E-state index contributed by atoms with van der Waals surface area (Å²) < 4.78 is 0. The number of hydrogen-bond donors (Lipinski definition) is 0. The van der Waals surface area contributed by atoms with Crippen molar-refractivity contribution in [3.63, 3.8) is 0 Å². The summed E-state index contributed by atoms with van der Waals surface area (Å²) in [6.45, 7) is 12.7. The second-order valence-electron chi connectivity index (χ2n) is 6.42. The van der Waals surface area contributed by atoms with Gasteiger partial charge in [-0.05, 0) is 54.9 Å². The maximum absolute atomic E-state index is 10.9. The Morgan fingerprint density at radius 1 is 1.16 bits per heavy atom. The molecule has 0 unspecified atom stereocenters. The number of hydrogen-bond acceptors (Lipinski definition) is 1. The summed E-state index contributed by atoms with van der Waals surface area (Å²) in [5, 5.41) is 0. The molecule has 19 heavy (non-hydrogen) atoms. The molecule has 0 saturated heterocycles. The van der Waals surface area contributed by atoms with Crippen molar-refractivity contribution in [2.45, 2.75) is 59.8 Å². The van der Waals surface area contributed by atoms with E-state index in [4.69, 9.17) is 0 Å². The Morgan fingerprint density at radius 2 is 1.68 bits per heavy atom.